The third kappa shape index (κ3) is 2.50. The molecule has 2 nitrogen and oxygen atoms in total. The Balaban J connectivity index is 1.25. The number of piperazine rings is 1. The number of hydrogen-bond donors (Lipinski definition) is 0. The van der Waals surface area contributed by atoms with Crippen molar-refractivity contribution < 1.29 is 0 Å². The van der Waals surface area contributed by atoms with Crippen molar-refractivity contribution in [2.45, 2.75) is 44.6 Å². The molecule has 1 saturated heterocycles. The second-order valence-corrected chi connectivity index (χ2v) is 7.32. The number of fused-ring (bicyclic) bond motifs is 2. The van der Waals surface area contributed by atoms with Crippen LogP contribution in [0.25, 0.3) is 0 Å². The molecule has 19 heavy (non-hydrogen) atoms. The summed E-state index contributed by atoms with van der Waals surface area (Å²) in [5.74, 6) is 2.85. The number of hydrogen-bond acceptors (Lipinski definition) is 2. The first-order chi connectivity index (χ1) is 9.38. The van der Waals surface area contributed by atoms with Gasteiger partial charge in [-0.2, -0.15) is 0 Å². The zero-order valence-electron chi connectivity index (χ0n) is 12.1. The predicted molar refractivity (Wildman–Crippen MR) is 79.1 cm³/mol. The van der Waals surface area contributed by atoms with Crippen LogP contribution in [0.2, 0.25) is 0 Å². The molecule has 2 saturated carbocycles. The highest BCUT2D eigenvalue weighted by Crippen LogP contribution is 2.43. The lowest BCUT2D eigenvalue weighted by atomic mass is 9.93. The average Bonchev–Trinajstić information content (AvgIpc) is 3.17. The van der Waals surface area contributed by atoms with Crippen molar-refractivity contribution in [3.63, 3.8) is 0 Å². The molecule has 0 spiro atoms. The highest BCUT2D eigenvalue weighted by Gasteiger charge is 2.37. The molecule has 4 rings (SSSR count). The van der Waals surface area contributed by atoms with E-state index in [0.717, 1.165) is 23.8 Å². The summed E-state index contributed by atoms with van der Waals surface area (Å²) in [5.41, 5.74) is 0. The van der Waals surface area contributed by atoms with E-state index in [4.69, 9.17) is 0 Å². The normalized spacial score (nSPS) is 40.5. The van der Waals surface area contributed by atoms with E-state index in [1.807, 2.05) is 0 Å². The van der Waals surface area contributed by atoms with Gasteiger partial charge < -0.3 is 4.90 Å². The molecule has 0 amide bonds. The molecule has 3 fully saturated rings. The van der Waals surface area contributed by atoms with Gasteiger partial charge in [-0.3, -0.25) is 4.90 Å². The third-order valence-electron chi connectivity index (χ3n) is 6.16. The van der Waals surface area contributed by atoms with Crippen LogP contribution in [0.3, 0.4) is 0 Å². The van der Waals surface area contributed by atoms with Gasteiger partial charge in [0, 0.05) is 38.8 Å². The standard InChI is InChI=1S/C17H28N2/c1-2-4-17(3-1)19-9-7-18(8-10-19)13-16-12-14-5-6-15(16)11-14/h5-6,14-17H,1-4,7-13H2/t14-,15+,16-/m1/s1. The maximum absolute atomic E-state index is 2.78. The van der Waals surface area contributed by atoms with E-state index in [-0.39, 0.29) is 0 Å². The molecule has 1 heterocycles. The summed E-state index contributed by atoms with van der Waals surface area (Å²) in [6, 6.07) is 0.938. The van der Waals surface area contributed by atoms with E-state index < -0.39 is 0 Å². The molecule has 0 aromatic carbocycles. The maximum atomic E-state index is 2.78. The molecule has 2 heteroatoms. The fourth-order valence-electron chi connectivity index (χ4n) is 5.02. The molecule has 0 aromatic rings. The van der Waals surface area contributed by atoms with Crippen molar-refractivity contribution >= 4 is 0 Å². The SMILES string of the molecule is C1=C[C@H]2C[C@@H]1C[C@@H]2CN1CCN(C2CCCC2)CC1. The van der Waals surface area contributed by atoms with Crippen molar-refractivity contribution in [3.05, 3.63) is 12.2 Å². The van der Waals surface area contributed by atoms with Crippen LogP contribution in [-0.4, -0.2) is 48.6 Å². The highest BCUT2D eigenvalue weighted by molar-refractivity contribution is 5.10. The van der Waals surface area contributed by atoms with Crippen LogP contribution in [0.15, 0.2) is 12.2 Å². The summed E-state index contributed by atoms with van der Waals surface area (Å²) < 4.78 is 0. The van der Waals surface area contributed by atoms with Gasteiger partial charge in [-0.25, -0.2) is 0 Å². The van der Waals surface area contributed by atoms with Gasteiger partial charge in [-0.15, -0.1) is 0 Å². The van der Waals surface area contributed by atoms with Gasteiger partial charge in [0.2, 0.25) is 0 Å². The molecule has 3 aliphatic carbocycles. The van der Waals surface area contributed by atoms with Crippen molar-refractivity contribution in [2.24, 2.45) is 17.8 Å². The van der Waals surface area contributed by atoms with Crippen molar-refractivity contribution in [1.82, 2.24) is 9.80 Å². The lowest BCUT2D eigenvalue weighted by Gasteiger charge is -2.39. The van der Waals surface area contributed by atoms with Crippen LogP contribution < -0.4 is 0 Å². The zero-order valence-corrected chi connectivity index (χ0v) is 12.1. The Kier molecular flexibility index (Phi) is 3.40. The van der Waals surface area contributed by atoms with Gasteiger partial charge in [0.25, 0.3) is 0 Å². The molecule has 106 valence electrons. The predicted octanol–water partition coefficient (Wildman–Crippen LogP) is 2.76. The number of rotatable bonds is 3. The fraction of sp³-hybridized carbons (Fsp3) is 0.882. The summed E-state index contributed by atoms with van der Waals surface area (Å²) in [6.07, 6.45) is 13.8. The smallest absolute Gasteiger partial charge is 0.0113 e. The highest BCUT2D eigenvalue weighted by atomic mass is 15.3. The molecule has 0 aromatic heterocycles. The van der Waals surface area contributed by atoms with E-state index in [1.165, 1.54) is 71.2 Å². The minimum absolute atomic E-state index is 0.929. The van der Waals surface area contributed by atoms with Gasteiger partial charge in [-0.1, -0.05) is 25.0 Å². The van der Waals surface area contributed by atoms with E-state index in [9.17, 15) is 0 Å². The first-order valence-corrected chi connectivity index (χ1v) is 8.53. The molecule has 3 atom stereocenters. The second kappa shape index (κ2) is 5.21. The van der Waals surface area contributed by atoms with Gasteiger partial charge in [0.05, 0.1) is 0 Å². The zero-order chi connectivity index (χ0) is 12.7. The van der Waals surface area contributed by atoms with Crippen molar-refractivity contribution in [1.29, 1.82) is 0 Å². The first kappa shape index (κ1) is 12.4. The summed E-state index contributed by atoms with van der Waals surface area (Å²) in [7, 11) is 0. The Labute approximate surface area is 117 Å². The molecular weight excluding hydrogens is 232 g/mol. The van der Waals surface area contributed by atoms with E-state index in [0.29, 0.717) is 0 Å². The topological polar surface area (TPSA) is 6.48 Å². The van der Waals surface area contributed by atoms with Crippen molar-refractivity contribution in [2.75, 3.05) is 32.7 Å². The molecule has 0 unspecified atom stereocenters. The average molecular weight is 260 g/mol. The minimum Gasteiger partial charge on any atom is -0.300 e. The summed E-state index contributed by atoms with van der Waals surface area (Å²) >= 11 is 0. The molecule has 0 N–H and O–H groups in total. The molecule has 0 radical (unpaired) electrons. The van der Waals surface area contributed by atoms with Gasteiger partial charge in [-0.05, 0) is 43.4 Å². The number of allylic oxidation sites excluding steroid dienone is 2. The van der Waals surface area contributed by atoms with Crippen LogP contribution in [-0.2, 0) is 0 Å². The summed E-state index contributed by atoms with van der Waals surface area (Å²) in [6.45, 7) is 6.70. The Hall–Kier alpha value is -0.340. The summed E-state index contributed by atoms with van der Waals surface area (Å²) in [4.78, 5) is 5.54. The van der Waals surface area contributed by atoms with Crippen molar-refractivity contribution in [3.8, 4) is 0 Å². The largest absolute Gasteiger partial charge is 0.300 e. The van der Waals surface area contributed by atoms with E-state index in [1.54, 1.807) is 0 Å². The monoisotopic (exact) mass is 260 g/mol. The van der Waals surface area contributed by atoms with Gasteiger partial charge in [0.1, 0.15) is 0 Å². The van der Waals surface area contributed by atoms with E-state index >= 15 is 0 Å². The van der Waals surface area contributed by atoms with Gasteiger partial charge >= 0.3 is 0 Å². The molecule has 1 aliphatic heterocycles. The second-order valence-electron chi connectivity index (χ2n) is 7.32. The third-order valence-corrected chi connectivity index (χ3v) is 6.16. The fourth-order valence-corrected chi connectivity index (χ4v) is 5.02. The minimum atomic E-state index is 0.929. The van der Waals surface area contributed by atoms with Crippen LogP contribution in [0.4, 0.5) is 0 Å². The lowest BCUT2D eigenvalue weighted by Crippen LogP contribution is -2.50. The Morgan fingerprint density at radius 1 is 0.895 bits per heavy atom. The Morgan fingerprint density at radius 2 is 1.68 bits per heavy atom. The van der Waals surface area contributed by atoms with Crippen LogP contribution >= 0.6 is 0 Å². The van der Waals surface area contributed by atoms with Gasteiger partial charge in [0.15, 0.2) is 0 Å². The maximum Gasteiger partial charge on any atom is 0.0113 e. The first-order valence-electron chi connectivity index (χ1n) is 8.53. The Bertz CT molecular complexity index is 337. The van der Waals surface area contributed by atoms with E-state index in [2.05, 4.69) is 22.0 Å². The van der Waals surface area contributed by atoms with Crippen LogP contribution in [0.1, 0.15) is 38.5 Å². The number of nitrogens with zero attached hydrogens (tertiary/aromatic N) is 2. The Morgan fingerprint density at radius 3 is 2.32 bits per heavy atom. The lowest BCUT2D eigenvalue weighted by molar-refractivity contribution is 0.0845. The van der Waals surface area contributed by atoms with Crippen LogP contribution in [0.5, 0.6) is 0 Å². The summed E-state index contributed by atoms with van der Waals surface area (Å²) in [5, 5.41) is 0. The molecular formula is C17H28N2. The molecule has 4 aliphatic rings. The quantitative estimate of drug-likeness (QED) is 0.720. The molecule has 2 bridgehead atoms. The van der Waals surface area contributed by atoms with Crippen LogP contribution in [0, 0.1) is 17.8 Å².